The van der Waals surface area contributed by atoms with Crippen LogP contribution in [0.5, 0.6) is 0 Å². The van der Waals surface area contributed by atoms with Crippen molar-refractivity contribution in [1.82, 2.24) is 0 Å². The van der Waals surface area contributed by atoms with Crippen molar-refractivity contribution >= 4 is 5.97 Å². The molecule has 5 heteroatoms. The van der Waals surface area contributed by atoms with Gasteiger partial charge in [0.05, 0.1) is 33.0 Å². The molecule has 5 nitrogen and oxygen atoms in total. The minimum Gasteiger partial charge on any atom is -0.466 e. The molecule has 0 N–H and O–H groups in total. The fraction of sp³-hybridized carbons (Fsp3) is 0.969. The first-order chi connectivity index (χ1) is 18.2. The number of carbonyl (C=O) groups excluding carboxylic acids is 1. The molecule has 0 amide bonds. The third kappa shape index (κ3) is 29.8. The van der Waals surface area contributed by atoms with E-state index in [4.69, 9.17) is 18.9 Å². The van der Waals surface area contributed by atoms with Gasteiger partial charge in [0.1, 0.15) is 0 Å². The topological polar surface area (TPSA) is 54.0 Å². The lowest BCUT2D eigenvalue weighted by Gasteiger charge is -2.14. The van der Waals surface area contributed by atoms with E-state index in [-0.39, 0.29) is 5.97 Å². The Morgan fingerprint density at radius 2 is 1.00 bits per heavy atom. The van der Waals surface area contributed by atoms with Crippen molar-refractivity contribution < 1.29 is 23.7 Å². The molecular weight excluding hydrogens is 464 g/mol. The van der Waals surface area contributed by atoms with Gasteiger partial charge in [0.25, 0.3) is 0 Å². The second-order valence-electron chi connectivity index (χ2n) is 10.6. The van der Waals surface area contributed by atoms with E-state index in [0.717, 1.165) is 19.4 Å². The summed E-state index contributed by atoms with van der Waals surface area (Å²) in [5.74, 6) is 0.574. The van der Waals surface area contributed by atoms with Gasteiger partial charge in [-0.1, -0.05) is 124 Å². The normalized spacial score (nSPS) is 12.2. The van der Waals surface area contributed by atoms with Crippen molar-refractivity contribution in [2.24, 2.45) is 5.92 Å². The van der Waals surface area contributed by atoms with Gasteiger partial charge in [0.2, 0.25) is 0 Å². The van der Waals surface area contributed by atoms with Gasteiger partial charge in [-0.05, 0) is 25.2 Å². The molecular formula is C32H64O5. The molecule has 0 aromatic rings. The van der Waals surface area contributed by atoms with Gasteiger partial charge in [-0.25, -0.2) is 0 Å². The lowest BCUT2D eigenvalue weighted by molar-refractivity contribution is -0.144. The molecule has 0 radical (unpaired) electrons. The van der Waals surface area contributed by atoms with Gasteiger partial charge in [0.15, 0.2) is 0 Å². The molecule has 0 aromatic heterocycles. The molecule has 222 valence electrons. The highest BCUT2D eigenvalue weighted by Crippen LogP contribution is 2.14. The predicted octanol–water partition coefficient (Wildman–Crippen LogP) is 9.06. The molecule has 37 heavy (non-hydrogen) atoms. The minimum absolute atomic E-state index is 0.101. The zero-order chi connectivity index (χ0) is 27.1. The summed E-state index contributed by atoms with van der Waals surface area (Å²) in [5, 5.41) is 0. The summed E-state index contributed by atoms with van der Waals surface area (Å²) in [7, 11) is 0. The molecule has 1 unspecified atom stereocenters. The van der Waals surface area contributed by atoms with E-state index in [0.29, 0.717) is 58.4 Å². The van der Waals surface area contributed by atoms with E-state index >= 15 is 0 Å². The summed E-state index contributed by atoms with van der Waals surface area (Å²) < 4.78 is 22.2. The lowest BCUT2D eigenvalue weighted by Crippen LogP contribution is -2.14. The van der Waals surface area contributed by atoms with Crippen LogP contribution in [-0.4, -0.2) is 52.2 Å². The molecule has 0 saturated carbocycles. The van der Waals surface area contributed by atoms with Crippen LogP contribution in [0.15, 0.2) is 0 Å². The van der Waals surface area contributed by atoms with Gasteiger partial charge >= 0.3 is 5.97 Å². The van der Waals surface area contributed by atoms with Crippen molar-refractivity contribution in [3.8, 4) is 0 Å². The summed E-state index contributed by atoms with van der Waals surface area (Å²) in [6.07, 6.45) is 24.8. The number of ether oxygens (including phenoxy) is 4. The summed E-state index contributed by atoms with van der Waals surface area (Å²) >= 11 is 0. The Hall–Kier alpha value is -0.650. The fourth-order valence-corrected chi connectivity index (χ4v) is 4.46. The Kier molecular flexibility index (Phi) is 31.0. The van der Waals surface area contributed by atoms with Gasteiger partial charge in [-0.3, -0.25) is 4.79 Å². The van der Waals surface area contributed by atoms with E-state index in [1.54, 1.807) is 0 Å². The quantitative estimate of drug-likeness (QED) is 0.0663. The number of hydrogen-bond donors (Lipinski definition) is 0. The second-order valence-corrected chi connectivity index (χ2v) is 10.6. The Morgan fingerprint density at radius 1 is 0.514 bits per heavy atom. The Balaban J connectivity index is 3.23. The van der Waals surface area contributed by atoms with Gasteiger partial charge in [-0.15, -0.1) is 0 Å². The first-order valence-electron chi connectivity index (χ1n) is 16.1. The van der Waals surface area contributed by atoms with Crippen LogP contribution in [0.3, 0.4) is 0 Å². The van der Waals surface area contributed by atoms with Crippen LogP contribution in [0.1, 0.15) is 149 Å². The van der Waals surface area contributed by atoms with E-state index in [2.05, 4.69) is 20.8 Å². The molecule has 0 aliphatic heterocycles. The Morgan fingerprint density at radius 3 is 1.54 bits per heavy atom. The molecule has 0 aromatic carbocycles. The van der Waals surface area contributed by atoms with Crippen molar-refractivity contribution in [3.63, 3.8) is 0 Å². The molecule has 0 saturated heterocycles. The number of unbranched alkanes of at least 4 members (excludes halogenated alkanes) is 14. The molecule has 1 atom stereocenters. The van der Waals surface area contributed by atoms with Crippen molar-refractivity contribution in [2.75, 3.05) is 46.2 Å². The maximum absolute atomic E-state index is 11.8. The van der Waals surface area contributed by atoms with E-state index in [9.17, 15) is 4.79 Å². The maximum Gasteiger partial charge on any atom is 0.305 e. The third-order valence-electron chi connectivity index (χ3n) is 7.07. The average Bonchev–Trinajstić information content (AvgIpc) is 2.91. The zero-order valence-corrected chi connectivity index (χ0v) is 25.2. The average molecular weight is 529 g/mol. The highest BCUT2D eigenvalue weighted by molar-refractivity contribution is 5.69. The summed E-state index contributed by atoms with van der Waals surface area (Å²) in [4.78, 5) is 11.8. The summed E-state index contributed by atoms with van der Waals surface area (Å²) in [6.45, 7) is 11.1. The smallest absolute Gasteiger partial charge is 0.305 e. The maximum atomic E-state index is 11.8. The molecule has 0 bridgehead atoms. The van der Waals surface area contributed by atoms with Crippen LogP contribution in [0, 0.1) is 5.92 Å². The van der Waals surface area contributed by atoms with E-state index in [1.807, 2.05) is 0 Å². The highest BCUT2D eigenvalue weighted by Gasteiger charge is 2.06. The second kappa shape index (κ2) is 31.6. The van der Waals surface area contributed by atoms with Gasteiger partial charge in [0, 0.05) is 19.6 Å². The molecule has 0 aliphatic rings. The molecule has 0 rings (SSSR count). The van der Waals surface area contributed by atoms with Crippen LogP contribution < -0.4 is 0 Å². The first-order valence-corrected chi connectivity index (χ1v) is 16.1. The molecule has 0 spiro atoms. The Labute approximate surface area is 231 Å². The monoisotopic (exact) mass is 528 g/mol. The van der Waals surface area contributed by atoms with E-state index < -0.39 is 0 Å². The van der Waals surface area contributed by atoms with Crippen LogP contribution in [0.25, 0.3) is 0 Å². The van der Waals surface area contributed by atoms with Crippen LogP contribution in [0.4, 0.5) is 0 Å². The fourth-order valence-electron chi connectivity index (χ4n) is 4.46. The van der Waals surface area contributed by atoms with Crippen molar-refractivity contribution in [1.29, 1.82) is 0 Å². The first kappa shape index (κ1) is 36.4. The number of esters is 1. The molecule has 0 heterocycles. The highest BCUT2D eigenvalue weighted by atomic mass is 16.5. The molecule has 0 aliphatic carbocycles. The standard InChI is InChI=1S/C32H64O5/c1-4-7-9-10-11-12-13-14-15-16-17-18-19-20-25-37-32(33)23-21-24-34-26-27-35-28-29-36-30-31(6-3)22-8-5-2/h31H,4-30H2,1-3H3. The molecule has 0 fully saturated rings. The number of rotatable bonds is 31. The van der Waals surface area contributed by atoms with Gasteiger partial charge in [-0.2, -0.15) is 0 Å². The third-order valence-corrected chi connectivity index (χ3v) is 7.07. The van der Waals surface area contributed by atoms with E-state index in [1.165, 1.54) is 103 Å². The summed E-state index contributed by atoms with van der Waals surface area (Å²) in [5.41, 5.74) is 0. The number of hydrogen-bond acceptors (Lipinski definition) is 5. The van der Waals surface area contributed by atoms with Crippen molar-refractivity contribution in [3.05, 3.63) is 0 Å². The van der Waals surface area contributed by atoms with Crippen molar-refractivity contribution in [2.45, 2.75) is 149 Å². The van der Waals surface area contributed by atoms with Gasteiger partial charge < -0.3 is 18.9 Å². The predicted molar refractivity (Wildman–Crippen MR) is 156 cm³/mol. The van der Waals surface area contributed by atoms with Crippen LogP contribution >= 0.6 is 0 Å². The summed E-state index contributed by atoms with van der Waals surface area (Å²) in [6, 6.07) is 0. The van der Waals surface area contributed by atoms with Crippen LogP contribution in [-0.2, 0) is 23.7 Å². The number of carbonyl (C=O) groups is 1. The SMILES string of the molecule is CCCCCCCCCCCCCCCCOC(=O)CCCOCCOCCOCC(CC)CCCC. The van der Waals surface area contributed by atoms with Crippen LogP contribution in [0.2, 0.25) is 0 Å². The lowest BCUT2D eigenvalue weighted by atomic mass is 10.0. The Bertz CT molecular complexity index is 443. The zero-order valence-electron chi connectivity index (χ0n) is 25.2. The largest absolute Gasteiger partial charge is 0.466 e. The minimum atomic E-state index is -0.101.